The number of hydrogen-bond donors (Lipinski definition) is 2. The third-order valence-electron chi connectivity index (χ3n) is 3.63. The fourth-order valence-corrected chi connectivity index (χ4v) is 3.45. The zero-order valence-electron chi connectivity index (χ0n) is 13.8. The van der Waals surface area contributed by atoms with Crippen molar-refractivity contribution >= 4 is 40.9 Å². The fraction of sp³-hybridized carbons (Fsp3) is 0.167. The van der Waals surface area contributed by atoms with Crippen LogP contribution in [0.3, 0.4) is 0 Å². The van der Waals surface area contributed by atoms with Gasteiger partial charge in [-0.3, -0.25) is 14.4 Å². The average molecular weight is 392 g/mol. The predicted molar refractivity (Wildman–Crippen MR) is 95.3 cm³/mol. The highest BCUT2D eigenvalue weighted by Gasteiger charge is 2.29. The van der Waals surface area contributed by atoms with Gasteiger partial charge in [-0.15, -0.1) is 11.8 Å². The minimum atomic E-state index is -1.11. The van der Waals surface area contributed by atoms with Crippen LogP contribution in [-0.4, -0.2) is 29.6 Å². The second kappa shape index (κ2) is 8.17. The van der Waals surface area contributed by atoms with Gasteiger partial charge < -0.3 is 15.4 Å². The number of carbonyl (C=O) groups excluding carboxylic acids is 3. The highest BCUT2D eigenvalue weighted by molar-refractivity contribution is 8.01. The van der Waals surface area contributed by atoms with Crippen LogP contribution in [0.2, 0.25) is 0 Å². The molecule has 0 saturated heterocycles. The van der Waals surface area contributed by atoms with Crippen LogP contribution in [0.5, 0.6) is 0 Å². The number of nitrogens with one attached hydrogen (secondary N) is 2. The summed E-state index contributed by atoms with van der Waals surface area (Å²) in [7, 11) is 0. The largest absolute Gasteiger partial charge is 0.456 e. The van der Waals surface area contributed by atoms with Gasteiger partial charge >= 0.3 is 5.97 Å². The van der Waals surface area contributed by atoms with Crippen molar-refractivity contribution < 1.29 is 27.9 Å². The predicted octanol–water partition coefficient (Wildman–Crippen LogP) is 2.95. The zero-order chi connectivity index (χ0) is 19.4. The Kier molecular flexibility index (Phi) is 5.70. The lowest BCUT2D eigenvalue weighted by molar-refractivity contribution is -0.147. The van der Waals surface area contributed by atoms with Crippen LogP contribution in [0, 0.1) is 11.6 Å². The van der Waals surface area contributed by atoms with Crippen LogP contribution < -0.4 is 10.6 Å². The molecule has 140 valence electrons. The maximum absolute atomic E-state index is 13.1. The monoisotopic (exact) mass is 392 g/mol. The summed E-state index contributed by atoms with van der Waals surface area (Å²) in [5.41, 5.74) is 0.719. The van der Waals surface area contributed by atoms with Crippen LogP contribution in [0.25, 0.3) is 0 Å². The molecule has 3 rings (SSSR count). The number of carbonyl (C=O) groups is 3. The molecule has 0 fully saturated rings. The Morgan fingerprint density at radius 3 is 2.70 bits per heavy atom. The first-order valence-electron chi connectivity index (χ1n) is 7.89. The van der Waals surface area contributed by atoms with Crippen LogP contribution in [0.4, 0.5) is 20.2 Å². The highest BCUT2D eigenvalue weighted by atomic mass is 32.2. The molecule has 1 atom stereocenters. The second-order valence-corrected chi connectivity index (χ2v) is 6.88. The minimum Gasteiger partial charge on any atom is -0.456 e. The van der Waals surface area contributed by atoms with Crippen LogP contribution >= 0.6 is 11.8 Å². The van der Waals surface area contributed by atoms with Gasteiger partial charge in [-0.25, -0.2) is 8.78 Å². The molecule has 1 aliphatic rings. The third kappa shape index (κ3) is 4.82. The van der Waals surface area contributed by atoms with Gasteiger partial charge in [-0.2, -0.15) is 0 Å². The summed E-state index contributed by atoms with van der Waals surface area (Å²) in [5, 5.41) is 4.33. The number of thioether (sulfide) groups is 1. The van der Waals surface area contributed by atoms with Gasteiger partial charge in [-0.05, 0) is 24.3 Å². The number of halogens is 2. The van der Waals surface area contributed by atoms with Crippen LogP contribution in [-0.2, 0) is 19.1 Å². The van der Waals surface area contributed by atoms with Gasteiger partial charge in [0.15, 0.2) is 18.2 Å². The zero-order valence-corrected chi connectivity index (χ0v) is 14.6. The van der Waals surface area contributed by atoms with Crippen molar-refractivity contribution in [1.82, 2.24) is 0 Å². The van der Waals surface area contributed by atoms with Crippen molar-refractivity contribution in [2.75, 3.05) is 17.2 Å². The van der Waals surface area contributed by atoms with Gasteiger partial charge in [0.2, 0.25) is 5.91 Å². The molecule has 0 aliphatic carbocycles. The molecular weight excluding hydrogens is 378 g/mol. The van der Waals surface area contributed by atoms with E-state index in [1.165, 1.54) is 17.8 Å². The Balaban J connectivity index is 1.49. The fourth-order valence-electron chi connectivity index (χ4n) is 2.35. The number of benzene rings is 2. The number of hydrogen-bond acceptors (Lipinski definition) is 5. The third-order valence-corrected chi connectivity index (χ3v) is 4.90. The molecule has 9 heteroatoms. The van der Waals surface area contributed by atoms with Crippen molar-refractivity contribution in [3.8, 4) is 0 Å². The average Bonchev–Trinajstić information content (AvgIpc) is 2.64. The van der Waals surface area contributed by atoms with E-state index in [0.29, 0.717) is 5.69 Å². The Labute approximate surface area is 157 Å². The Morgan fingerprint density at radius 1 is 1.15 bits per heavy atom. The van der Waals surface area contributed by atoms with Gasteiger partial charge in [0.25, 0.3) is 5.91 Å². The van der Waals surface area contributed by atoms with Gasteiger partial charge in [0.1, 0.15) is 0 Å². The van der Waals surface area contributed by atoms with Crippen LogP contribution in [0.15, 0.2) is 47.4 Å². The van der Waals surface area contributed by atoms with E-state index in [9.17, 15) is 23.2 Å². The first-order chi connectivity index (χ1) is 12.9. The van der Waals surface area contributed by atoms with E-state index in [-0.39, 0.29) is 18.0 Å². The van der Waals surface area contributed by atoms with Gasteiger partial charge in [-0.1, -0.05) is 12.1 Å². The van der Waals surface area contributed by atoms with Crippen molar-refractivity contribution in [1.29, 1.82) is 0 Å². The second-order valence-electron chi connectivity index (χ2n) is 5.63. The number of rotatable bonds is 5. The molecule has 2 aromatic rings. The van der Waals surface area contributed by atoms with E-state index >= 15 is 0 Å². The molecule has 1 aliphatic heterocycles. The summed E-state index contributed by atoms with van der Waals surface area (Å²) >= 11 is 1.24. The van der Waals surface area contributed by atoms with Crippen LogP contribution in [0.1, 0.15) is 6.42 Å². The molecule has 2 N–H and O–H groups in total. The normalized spacial score (nSPS) is 15.5. The lowest BCUT2D eigenvalue weighted by Gasteiger charge is -2.23. The Hall–Kier alpha value is -2.94. The molecule has 1 heterocycles. The summed E-state index contributed by atoms with van der Waals surface area (Å²) in [6.07, 6.45) is -0.205. The molecule has 2 aromatic carbocycles. The molecule has 0 radical (unpaired) electrons. The molecule has 27 heavy (non-hydrogen) atoms. The minimum absolute atomic E-state index is 0.0359. The van der Waals surface area contributed by atoms with E-state index in [2.05, 4.69) is 10.6 Å². The Morgan fingerprint density at radius 2 is 1.93 bits per heavy atom. The molecule has 0 aromatic heterocycles. The summed E-state index contributed by atoms with van der Waals surface area (Å²) < 4.78 is 30.8. The molecule has 0 saturated carbocycles. The number of anilines is 2. The first-order valence-corrected chi connectivity index (χ1v) is 8.77. The molecule has 0 bridgehead atoms. The summed E-state index contributed by atoms with van der Waals surface area (Å²) in [4.78, 5) is 36.5. The first kappa shape index (κ1) is 18.8. The lowest BCUT2D eigenvalue weighted by Crippen LogP contribution is -2.32. The van der Waals surface area contributed by atoms with E-state index in [4.69, 9.17) is 4.74 Å². The van der Waals surface area contributed by atoms with Crippen molar-refractivity contribution in [2.24, 2.45) is 0 Å². The van der Waals surface area contributed by atoms with Gasteiger partial charge in [0.05, 0.1) is 17.4 Å². The molecule has 2 amide bonds. The lowest BCUT2D eigenvalue weighted by atomic mass is 10.2. The topological polar surface area (TPSA) is 84.5 Å². The van der Waals surface area contributed by atoms with E-state index in [0.717, 1.165) is 17.0 Å². The summed E-state index contributed by atoms with van der Waals surface area (Å²) in [5.74, 6) is -3.89. The maximum atomic E-state index is 13.1. The highest BCUT2D eigenvalue weighted by Crippen LogP contribution is 2.36. The number of ether oxygens (including phenoxy) is 1. The summed E-state index contributed by atoms with van der Waals surface area (Å²) in [6.45, 7) is -0.604. The Bertz CT molecular complexity index is 907. The number of amides is 2. The molecule has 6 nitrogen and oxygen atoms in total. The number of esters is 1. The SMILES string of the molecule is O=C(COC(=O)C[C@@H]1Sc2ccccc2NC1=O)Nc1ccc(F)c(F)c1. The standard InChI is InChI=1S/C18H14F2N2O4S/c19-11-6-5-10(7-12(11)20)21-16(23)9-26-17(24)8-15-18(25)22-13-3-1-2-4-14(13)27-15/h1-7,15H,8-9H2,(H,21,23)(H,22,25)/t15-/m0/s1. The summed E-state index contributed by atoms with van der Waals surface area (Å²) in [6, 6.07) is 10.1. The molecule has 0 unspecified atom stereocenters. The smallest absolute Gasteiger partial charge is 0.307 e. The van der Waals surface area contributed by atoms with Crippen molar-refractivity contribution in [3.63, 3.8) is 0 Å². The number of para-hydroxylation sites is 1. The van der Waals surface area contributed by atoms with Crippen molar-refractivity contribution in [3.05, 3.63) is 54.1 Å². The molecule has 0 spiro atoms. The van der Waals surface area contributed by atoms with E-state index in [1.54, 1.807) is 12.1 Å². The van der Waals surface area contributed by atoms with Gasteiger partial charge in [0, 0.05) is 16.6 Å². The number of fused-ring (bicyclic) bond motifs is 1. The quantitative estimate of drug-likeness (QED) is 0.765. The maximum Gasteiger partial charge on any atom is 0.307 e. The van der Waals surface area contributed by atoms with E-state index in [1.807, 2.05) is 12.1 Å². The van der Waals surface area contributed by atoms with Crippen molar-refractivity contribution in [2.45, 2.75) is 16.6 Å². The van der Waals surface area contributed by atoms with E-state index < -0.39 is 35.4 Å². The molecular formula is C18H14F2N2O4S.